The van der Waals surface area contributed by atoms with Crippen molar-refractivity contribution in [2.45, 2.75) is 75.9 Å². The zero-order chi connectivity index (χ0) is 32.8. The number of halogens is 1. The molecule has 2 aliphatic heterocycles. The summed E-state index contributed by atoms with van der Waals surface area (Å²) in [7, 11) is -1.65. The van der Waals surface area contributed by atoms with Gasteiger partial charge in [0.15, 0.2) is 0 Å². The Morgan fingerprint density at radius 1 is 1.17 bits per heavy atom. The van der Waals surface area contributed by atoms with E-state index < -0.39 is 21.9 Å². The quantitative estimate of drug-likeness (QED) is 0.362. The van der Waals surface area contributed by atoms with Gasteiger partial charge in [0.2, 0.25) is 0 Å². The van der Waals surface area contributed by atoms with Crippen LogP contribution in [0.25, 0.3) is 0 Å². The Balaban J connectivity index is 1.29. The maximum absolute atomic E-state index is 14.2. The van der Waals surface area contributed by atoms with Crippen molar-refractivity contribution in [3.05, 3.63) is 70.3 Å². The van der Waals surface area contributed by atoms with Crippen molar-refractivity contribution >= 4 is 39.1 Å². The van der Waals surface area contributed by atoms with Crippen LogP contribution in [0.15, 0.2) is 52.9 Å². The fraction of sp³-hybridized carbons (Fsp3) is 0.556. The van der Waals surface area contributed by atoms with Crippen LogP contribution < -0.4 is 19.7 Å². The molecule has 1 unspecified atom stereocenters. The lowest BCUT2D eigenvalue weighted by Gasteiger charge is -2.46. The molecule has 2 aromatic rings. The number of ether oxygens (including phenoxy) is 2. The smallest absolute Gasteiger partial charge is 0.327 e. The van der Waals surface area contributed by atoms with Crippen LogP contribution >= 0.6 is 11.6 Å². The Kier molecular flexibility index (Phi) is 9.04. The van der Waals surface area contributed by atoms with E-state index in [2.05, 4.69) is 43.6 Å². The third-order valence-electron chi connectivity index (χ3n) is 10.7. The monoisotopic (exact) mass is 680 g/mol. The highest BCUT2D eigenvalue weighted by molar-refractivity contribution is 7.92. The van der Waals surface area contributed by atoms with E-state index in [0.717, 1.165) is 74.5 Å². The van der Waals surface area contributed by atoms with Gasteiger partial charge in [-0.05, 0) is 111 Å². The number of benzene rings is 2. The highest BCUT2D eigenvalue weighted by Crippen LogP contribution is 2.47. The first-order valence-corrected chi connectivity index (χ1v) is 19.1. The van der Waals surface area contributed by atoms with E-state index >= 15 is 0 Å². The van der Waals surface area contributed by atoms with E-state index in [0.29, 0.717) is 30.4 Å². The van der Waals surface area contributed by atoms with Gasteiger partial charge in [-0.2, -0.15) is 0 Å². The Morgan fingerprint density at radius 3 is 2.79 bits per heavy atom. The second-order valence-corrected chi connectivity index (χ2v) is 16.7. The van der Waals surface area contributed by atoms with Crippen molar-refractivity contribution in [1.29, 1.82) is 0 Å². The number of aryl methyl sites for hydroxylation is 1. The minimum atomic E-state index is -3.42. The van der Waals surface area contributed by atoms with Crippen molar-refractivity contribution < 1.29 is 23.3 Å². The van der Waals surface area contributed by atoms with Crippen molar-refractivity contribution in [3.8, 4) is 5.75 Å². The van der Waals surface area contributed by atoms with Crippen LogP contribution in [-0.4, -0.2) is 60.9 Å². The van der Waals surface area contributed by atoms with Crippen molar-refractivity contribution in [2.75, 3.05) is 37.5 Å². The van der Waals surface area contributed by atoms with E-state index in [4.69, 9.17) is 21.1 Å². The number of carbonyl (C=O) groups is 2. The SMILES string of the molecule is CO[C@H]1/C=C\C[C@H](C)CS(=O)(NC(=O)NC2CC2)=NC(=O)c2ccc3c(c2)N(C[C@@H]2CC[C@H]21)C[C@@]1(CCCc2cc(Cl)ccc21)CO3. The number of nitrogens with zero attached hydrogens (tertiary/aromatic N) is 2. The molecule has 5 aliphatic rings. The minimum Gasteiger partial charge on any atom is -0.490 e. The van der Waals surface area contributed by atoms with E-state index in [1.807, 2.05) is 25.1 Å². The Hall–Kier alpha value is -3.08. The summed E-state index contributed by atoms with van der Waals surface area (Å²) in [4.78, 5) is 29.0. The second-order valence-electron chi connectivity index (χ2n) is 14.3. The number of urea groups is 1. The van der Waals surface area contributed by atoms with Gasteiger partial charge in [0.1, 0.15) is 15.7 Å². The number of methoxy groups -OCH3 is 1. The Morgan fingerprint density at radius 2 is 2.02 bits per heavy atom. The first-order valence-electron chi connectivity index (χ1n) is 17.0. The molecule has 2 bridgehead atoms. The molecule has 2 saturated carbocycles. The molecular formula is C36H45ClN4O5S. The number of hydrogen-bond donors (Lipinski definition) is 2. The maximum atomic E-state index is 14.2. The van der Waals surface area contributed by atoms with E-state index in [1.165, 1.54) is 11.1 Å². The van der Waals surface area contributed by atoms with Crippen molar-refractivity contribution in [3.63, 3.8) is 0 Å². The van der Waals surface area contributed by atoms with Crippen LogP contribution in [-0.2, 0) is 26.5 Å². The second kappa shape index (κ2) is 13.1. The van der Waals surface area contributed by atoms with Crippen molar-refractivity contribution in [2.24, 2.45) is 22.1 Å². The molecule has 3 aliphatic carbocycles. The van der Waals surface area contributed by atoms with Crippen LogP contribution in [0, 0.1) is 17.8 Å². The molecule has 9 nitrogen and oxygen atoms in total. The Bertz CT molecular complexity index is 1700. The number of anilines is 1. The lowest BCUT2D eigenvalue weighted by Crippen LogP contribution is -2.49. The van der Waals surface area contributed by atoms with Crippen LogP contribution in [0.2, 0.25) is 5.02 Å². The lowest BCUT2D eigenvalue weighted by molar-refractivity contribution is 0.0131. The van der Waals surface area contributed by atoms with Gasteiger partial charge >= 0.3 is 6.03 Å². The summed E-state index contributed by atoms with van der Waals surface area (Å²) in [6.07, 6.45) is 11.8. The normalized spacial score (nSPS) is 32.8. The van der Waals surface area contributed by atoms with Gasteiger partial charge in [-0.1, -0.05) is 36.7 Å². The first kappa shape index (κ1) is 32.5. The summed E-state index contributed by atoms with van der Waals surface area (Å²) >= 11 is 6.44. The summed E-state index contributed by atoms with van der Waals surface area (Å²) in [5, 5.41) is 3.57. The molecular weight excluding hydrogens is 636 g/mol. The molecule has 2 fully saturated rings. The summed E-state index contributed by atoms with van der Waals surface area (Å²) in [6, 6.07) is 11.1. The van der Waals surface area contributed by atoms with Gasteiger partial charge in [0.05, 0.1) is 24.2 Å². The molecule has 2 heterocycles. The lowest BCUT2D eigenvalue weighted by atomic mass is 9.68. The van der Waals surface area contributed by atoms with Crippen molar-refractivity contribution in [1.82, 2.24) is 10.0 Å². The predicted octanol–water partition coefficient (Wildman–Crippen LogP) is 6.44. The predicted molar refractivity (Wildman–Crippen MR) is 185 cm³/mol. The largest absolute Gasteiger partial charge is 0.490 e. The number of carbonyl (C=O) groups excluding carboxylic acids is 2. The van der Waals surface area contributed by atoms with Gasteiger partial charge in [0, 0.05) is 42.2 Å². The van der Waals surface area contributed by atoms with Gasteiger partial charge < -0.3 is 19.7 Å². The fourth-order valence-electron chi connectivity index (χ4n) is 7.95. The molecule has 2 N–H and O–H groups in total. The molecule has 7 rings (SSSR count). The van der Waals surface area contributed by atoms with Crippen LogP contribution in [0.5, 0.6) is 5.75 Å². The summed E-state index contributed by atoms with van der Waals surface area (Å²) in [6.45, 7) is 4.01. The molecule has 252 valence electrons. The van der Waals surface area contributed by atoms with Gasteiger partial charge in [-0.25, -0.2) is 9.00 Å². The number of fused-ring (bicyclic) bond motifs is 4. The van der Waals surface area contributed by atoms with Crippen LogP contribution in [0.3, 0.4) is 0 Å². The number of hydrogen-bond acceptors (Lipinski definition) is 6. The highest BCUT2D eigenvalue weighted by atomic mass is 35.5. The molecule has 2 aromatic carbocycles. The topological polar surface area (TPSA) is 109 Å². The third-order valence-corrected chi connectivity index (χ3v) is 12.9. The molecule has 0 aromatic heterocycles. The standard InChI is InChI=1S/C36H45ClN4O5S/c1-23-5-3-7-32(45-2)29-13-8-26(29)19-41-21-36(16-4-6-24-17-27(37)10-14-30(24)36)22-46-33-15-9-25(18-31(33)41)34(42)39-47(44,20-23)40-35(43)38-28-11-12-28/h3,7,9-10,14-15,17-18,23,26,28-29,32H,4-6,8,11-13,16,19-22H2,1-2H3,(H2,38,39,40,42,43,44)/b7-3-/t23-,26-,29+,32-,36-,47?/m0/s1. The van der Waals surface area contributed by atoms with Gasteiger partial charge in [-0.3, -0.25) is 9.52 Å². The van der Waals surface area contributed by atoms with Crippen LogP contribution in [0.1, 0.15) is 73.4 Å². The number of amides is 3. The zero-order valence-electron chi connectivity index (χ0n) is 27.2. The maximum Gasteiger partial charge on any atom is 0.327 e. The number of nitrogens with one attached hydrogen (secondary N) is 2. The highest BCUT2D eigenvalue weighted by Gasteiger charge is 2.44. The van der Waals surface area contributed by atoms with E-state index in [1.54, 1.807) is 13.2 Å². The molecule has 0 saturated heterocycles. The first-order chi connectivity index (χ1) is 22.6. The summed E-state index contributed by atoms with van der Waals surface area (Å²) in [5.74, 6) is 0.824. The Labute approximate surface area is 283 Å². The third kappa shape index (κ3) is 6.92. The molecule has 11 heteroatoms. The average Bonchev–Trinajstić information content (AvgIpc) is 3.85. The van der Waals surface area contributed by atoms with Gasteiger partial charge in [-0.15, -0.1) is 4.36 Å². The molecule has 0 radical (unpaired) electrons. The van der Waals surface area contributed by atoms with Gasteiger partial charge in [0.25, 0.3) is 5.91 Å². The molecule has 1 spiro atoms. The zero-order valence-corrected chi connectivity index (χ0v) is 28.8. The van der Waals surface area contributed by atoms with E-state index in [9.17, 15) is 13.8 Å². The average molecular weight is 681 g/mol. The van der Waals surface area contributed by atoms with Crippen LogP contribution in [0.4, 0.5) is 10.5 Å². The number of allylic oxidation sites excluding steroid dienone is 1. The summed E-state index contributed by atoms with van der Waals surface area (Å²) < 4.78 is 33.7. The molecule has 47 heavy (non-hydrogen) atoms. The number of rotatable bonds is 3. The van der Waals surface area contributed by atoms with E-state index in [-0.39, 0.29) is 29.2 Å². The fourth-order valence-corrected chi connectivity index (χ4v) is 9.98. The minimum absolute atomic E-state index is 0.0348. The molecule has 6 atom stereocenters. The summed E-state index contributed by atoms with van der Waals surface area (Å²) in [5.41, 5.74) is 3.48. The molecule has 3 amide bonds.